The number of amidine groups is 1. The first kappa shape index (κ1) is 13.4. The molecule has 0 spiro atoms. The van der Waals surface area contributed by atoms with Gasteiger partial charge in [-0.05, 0) is 19.1 Å². The number of carbonyl (C=O) groups excluding carboxylic acids is 1. The Kier molecular flexibility index (Phi) is 6.13. The van der Waals surface area contributed by atoms with E-state index in [1.165, 1.54) is 13.0 Å². The van der Waals surface area contributed by atoms with Crippen molar-refractivity contribution in [2.24, 2.45) is 5.73 Å². The van der Waals surface area contributed by atoms with Gasteiger partial charge in [-0.2, -0.15) is 0 Å². The van der Waals surface area contributed by atoms with Crippen molar-refractivity contribution in [3.63, 3.8) is 0 Å². The quantitative estimate of drug-likeness (QED) is 0.407. The first-order valence-electron chi connectivity index (χ1n) is 4.16. The molecule has 5 heteroatoms. The minimum absolute atomic E-state index is 0.0201. The summed E-state index contributed by atoms with van der Waals surface area (Å²) >= 11 is 4.99. The van der Waals surface area contributed by atoms with Crippen LogP contribution in [0.15, 0.2) is 24.3 Å². The number of alkyl halides is 1. The van der Waals surface area contributed by atoms with E-state index in [1.807, 2.05) is 0 Å². The molecule has 0 aliphatic carbocycles. The third kappa shape index (κ3) is 5.70. The second-order valence-electron chi connectivity index (χ2n) is 2.77. The van der Waals surface area contributed by atoms with E-state index in [9.17, 15) is 4.79 Å². The highest BCUT2D eigenvalue weighted by molar-refractivity contribution is 6.27. The van der Waals surface area contributed by atoms with Gasteiger partial charge >= 0.3 is 0 Å². The number of rotatable bonds is 2. The third-order valence-corrected chi connectivity index (χ3v) is 1.76. The summed E-state index contributed by atoms with van der Waals surface area (Å²) in [6, 6.07) is 6.49. The summed E-state index contributed by atoms with van der Waals surface area (Å²) in [4.78, 5) is 9.68. The fourth-order valence-corrected chi connectivity index (χ4v) is 0.701. The van der Waals surface area contributed by atoms with E-state index >= 15 is 0 Å². The standard InChI is InChI=1S/C7H8N2O.C3H5ClO/c8-7(9)5-3-1-2-4-6(5)10;1-3(5)2-4/h1-4,10H,(H3,8,9);2H2,1H3. The van der Waals surface area contributed by atoms with Crippen molar-refractivity contribution >= 4 is 23.2 Å². The number of nitrogens with two attached hydrogens (primary N) is 1. The molecule has 0 aliphatic heterocycles. The van der Waals surface area contributed by atoms with Crippen LogP contribution in [0.1, 0.15) is 12.5 Å². The Morgan fingerprint density at radius 1 is 1.53 bits per heavy atom. The lowest BCUT2D eigenvalue weighted by molar-refractivity contribution is -0.114. The minimum atomic E-state index is -0.113. The zero-order chi connectivity index (χ0) is 11.8. The lowest BCUT2D eigenvalue weighted by Gasteiger charge is -1.98. The summed E-state index contributed by atoms with van der Waals surface area (Å²) in [5.74, 6) is 0.0970. The van der Waals surface area contributed by atoms with E-state index in [1.54, 1.807) is 18.2 Å². The molecule has 1 rings (SSSR count). The summed E-state index contributed by atoms with van der Waals surface area (Å²) in [5.41, 5.74) is 5.52. The second-order valence-corrected chi connectivity index (χ2v) is 3.03. The molecule has 0 saturated carbocycles. The lowest BCUT2D eigenvalue weighted by Crippen LogP contribution is -2.10. The molecule has 0 aromatic heterocycles. The summed E-state index contributed by atoms with van der Waals surface area (Å²) in [6.45, 7) is 1.45. The molecule has 0 bridgehead atoms. The van der Waals surface area contributed by atoms with Crippen LogP contribution in [0.3, 0.4) is 0 Å². The van der Waals surface area contributed by atoms with E-state index < -0.39 is 0 Å². The van der Waals surface area contributed by atoms with Gasteiger partial charge < -0.3 is 10.8 Å². The molecule has 0 aliphatic rings. The fraction of sp³-hybridized carbons (Fsp3) is 0.200. The lowest BCUT2D eigenvalue weighted by atomic mass is 10.2. The van der Waals surface area contributed by atoms with Gasteiger partial charge in [-0.3, -0.25) is 10.2 Å². The number of hydrogen-bond donors (Lipinski definition) is 3. The van der Waals surface area contributed by atoms with Gasteiger partial charge in [-0.15, -0.1) is 11.6 Å². The molecule has 4 nitrogen and oxygen atoms in total. The van der Waals surface area contributed by atoms with E-state index in [4.69, 9.17) is 27.9 Å². The monoisotopic (exact) mass is 228 g/mol. The van der Waals surface area contributed by atoms with Crippen molar-refractivity contribution in [3.05, 3.63) is 29.8 Å². The van der Waals surface area contributed by atoms with Crippen LogP contribution in [0.5, 0.6) is 5.75 Å². The van der Waals surface area contributed by atoms with E-state index in [0.717, 1.165) is 0 Å². The molecule has 82 valence electrons. The number of aromatic hydroxyl groups is 1. The predicted octanol–water partition coefficient (Wildman–Crippen LogP) is 1.49. The normalized spacial score (nSPS) is 8.67. The van der Waals surface area contributed by atoms with Gasteiger partial charge in [-0.25, -0.2) is 0 Å². The summed E-state index contributed by atoms with van der Waals surface area (Å²) in [7, 11) is 0. The molecule has 4 N–H and O–H groups in total. The Hall–Kier alpha value is -1.55. The Balaban J connectivity index is 0.000000336. The van der Waals surface area contributed by atoms with Gasteiger partial charge in [0, 0.05) is 0 Å². The third-order valence-electron chi connectivity index (χ3n) is 1.38. The van der Waals surface area contributed by atoms with Crippen molar-refractivity contribution in [1.29, 1.82) is 5.41 Å². The van der Waals surface area contributed by atoms with Crippen LogP contribution in [0.2, 0.25) is 0 Å². The Labute approximate surface area is 93.2 Å². The van der Waals surface area contributed by atoms with E-state index in [0.29, 0.717) is 5.56 Å². The molecule has 15 heavy (non-hydrogen) atoms. The van der Waals surface area contributed by atoms with Crippen LogP contribution in [-0.4, -0.2) is 22.6 Å². The SMILES string of the molecule is CC(=O)CCl.N=C(N)c1ccccc1O. The number of ketones is 1. The maximum atomic E-state index is 9.68. The van der Waals surface area contributed by atoms with Crippen LogP contribution in [0.25, 0.3) is 0 Å². The molecule has 1 aromatic rings. The van der Waals surface area contributed by atoms with Gasteiger partial charge in [0.15, 0.2) is 0 Å². The molecule has 1 aromatic carbocycles. The van der Waals surface area contributed by atoms with Crippen LogP contribution in [0.4, 0.5) is 0 Å². The number of phenols is 1. The number of hydrogen-bond acceptors (Lipinski definition) is 3. The maximum absolute atomic E-state index is 9.68. The summed E-state index contributed by atoms with van der Waals surface area (Å²) in [6.07, 6.45) is 0. The van der Waals surface area contributed by atoms with Gasteiger partial charge in [0.1, 0.15) is 17.4 Å². The zero-order valence-corrected chi connectivity index (χ0v) is 9.08. The number of nitrogens with one attached hydrogen (secondary N) is 1. The number of phenolic OH excluding ortho intramolecular Hbond substituents is 1. The van der Waals surface area contributed by atoms with Gasteiger partial charge in [0.05, 0.1) is 11.4 Å². The van der Waals surface area contributed by atoms with Crippen LogP contribution in [0, 0.1) is 5.41 Å². The molecular weight excluding hydrogens is 216 g/mol. The minimum Gasteiger partial charge on any atom is -0.507 e. The first-order valence-corrected chi connectivity index (χ1v) is 4.70. The van der Waals surface area contributed by atoms with Gasteiger partial charge in [0.25, 0.3) is 0 Å². The highest BCUT2D eigenvalue weighted by atomic mass is 35.5. The van der Waals surface area contributed by atoms with Crippen molar-refractivity contribution in [2.45, 2.75) is 6.92 Å². The van der Waals surface area contributed by atoms with Gasteiger partial charge in [-0.1, -0.05) is 12.1 Å². The second kappa shape index (κ2) is 6.84. The number of para-hydroxylation sites is 1. The Bertz CT molecular complexity index is 353. The maximum Gasteiger partial charge on any atom is 0.144 e. The van der Waals surface area contributed by atoms with Crippen molar-refractivity contribution in [1.82, 2.24) is 0 Å². The van der Waals surface area contributed by atoms with Crippen molar-refractivity contribution < 1.29 is 9.90 Å². The summed E-state index contributed by atoms with van der Waals surface area (Å²) < 4.78 is 0. The Morgan fingerprint density at radius 3 is 2.27 bits per heavy atom. The average Bonchev–Trinajstić information content (AvgIpc) is 2.19. The van der Waals surface area contributed by atoms with E-state index in [-0.39, 0.29) is 23.2 Å². The average molecular weight is 229 g/mol. The van der Waals surface area contributed by atoms with Crippen LogP contribution >= 0.6 is 11.6 Å². The highest BCUT2D eigenvalue weighted by Gasteiger charge is 1.99. The van der Waals surface area contributed by atoms with Crippen LogP contribution < -0.4 is 5.73 Å². The highest BCUT2D eigenvalue weighted by Crippen LogP contribution is 2.13. The number of nitrogen functional groups attached to an aromatic ring is 1. The molecule has 0 unspecified atom stereocenters. The molecule has 0 saturated heterocycles. The molecule has 0 radical (unpaired) electrons. The fourth-order valence-electron chi connectivity index (χ4n) is 0.701. The molecular formula is C10H13ClN2O2. The van der Waals surface area contributed by atoms with Crippen molar-refractivity contribution in [3.8, 4) is 5.75 Å². The van der Waals surface area contributed by atoms with E-state index in [2.05, 4.69) is 0 Å². The molecule has 0 heterocycles. The number of carbonyl (C=O) groups is 1. The first-order chi connectivity index (χ1) is 6.99. The molecule has 0 fully saturated rings. The number of benzene rings is 1. The Morgan fingerprint density at radius 2 is 2.00 bits per heavy atom. The zero-order valence-electron chi connectivity index (χ0n) is 8.33. The van der Waals surface area contributed by atoms with Crippen LogP contribution in [-0.2, 0) is 4.79 Å². The van der Waals surface area contributed by atoms with Gasteiger partial charge in [0.2, 0.25) is 0 Å². The topological polar surface area (TPSA) is 87.2 Å². The molecule has 0 amide bonds. The number of Topliss-reactive ketones (excluding diaryl/α,β-unsaturated/α-hetero) is 1. The molecule has 0 atom stereocenters. The van der Waals surface area contributed by atoms with Crippen molar-refractivity contribution in [2.75, 3.05) is 5.88 Å². The smallest absolute Gasteiger partial charge is 0.144 e. The predicted molar refractivity (Wildman–Crippen MR) is 60.5 cm³/mol. The summed E-state index contributed by atoms with van der Waals surface area (Å²) in [5, 5.41) is 16.1. The largest absolute Gasteiger partial charge is 0.507 e. The number of halogens is 1.